The van der Waals surface area contributed by atoms with Gasteiger partial charge in [0.25, 0.3) is 0 Å². The molecule has 1 heterocycles. The minimum Gasteiger partial charge on any atom is -0.348 e. The van der Waals surface area contributed by atoms with Crippen LogP contribution in [0.3, 0.4) is 0 Å². The third kappa shape index (κ3) is 1.87. The van der Waals surface area contributed by atoms with Gasteiger partial charge in [0.15, 0.2) is 0 Å². The summed E-state index contributed by atoms with van der Waals surface area (Å²) >= 11 is 0. The van der Waals surface area contributed by atoms with E-state index in [1.165, 1.54) is 35.2 Å². The molecule has 1 aliphatic carbocycles. The molecular weight excluding hydrogens is 232 g/mol. The van der Waals surface area contributed by atoms with Crippen molar-refractivity contribution in [2.24, 2.45) is 0 Å². The van der Waals surface area contributed by atoms with Crippen LogP contribution >= 0.6 is 12.4 Å². The van der Waals surface area contributed by atoms with Gasteiger partial charge in [0.1, 0.15) is 0 Å². The number of imidazole rings is 1. The van der Waals surface area contributed by atoms with Crippen molar-refractivity contribution in [3.63, 3.8) is 0 Å². The van der Waals surface area contributed by atoms with Crippen LogP contribution in [0.1, 0.15) is 40.3 Å². The molecule has 1 aromatic carbocycles. The summed E-state index contributed by atoms with van der Waals surface area (Å²) < 4.78 is 0. The molecule has 0 saturated carbocycles. The molecule has 3 heteroatoms. The van der Waals surface area contributed by atoms with Crippen molar-refractivity contribution in [1.29, 1.82) is 0 Å². The number of aromatic nitrogens is 2. The largest absolute Gasteiger partial charge is 0.348 e. The maximum absolute atomic E-state index is 4.12. The lowest BCUT2D eigenvalue weighted by atomic mass is 9.94. The molecule has 2 aromatic rings. The third-order valence-corrected chi connectivity index (χ3v) is 3.86. The minimum absolute atomic E-state index is 0. The number of nitrogens with zero attached hydrogens (tertiary/aromatic N) is 1. The smallest absolute Gasteiger partial charge is 0.0921 e. The summed E-state index contributed by atoms with van der Waals surface area (Å²) in [4.78, 5) is 7.37. The first kappa shape index (κ1) is 12.2. The standard InChI is InChI=1S/C14H16N2.ClH/c1-9-3-4-12-11(10(9)2)5-6-13(12)14-7-15-8-16-14;/h3-4,7-8,13H,5-6H2,1-2H3,(H,15,16);1H. The van der Waals surface area contributed by atoms with Crippen molar-refractivity contribution < 1.29 is 0 Å². The zero-order chi connectivity index (χ0) is 11.1. The average Bonchev–Trinajstić information content (AvgIpc) is 2.91. The number of aromatic amines is 1. The highest BCUT2D eigenvalue weighted by Crippen LogP contribution is 2.39. The van der Waals surface area contributed by atoms with Gasteiger partial charge in [0.2, 0.25) is 0 Å². The fourth-order valence-electron chi connectivity index (χ4n) is 2.78. The number of hydrogen-bond donors (Lipinski definition) is 1. The van der Waals surface area contributed by atoms with Gasteiger partial charge in [-0.1, -0.05) is 12.1 Å². The number of hydrogen-bond acceptors (Lipinski definition) is 1. The van der Waals surface area contributed by atoms with Crippen LogP contribution in [0.2, 0.25) is 0 Å². The second kappa shape index (κ2) is 4.53. The molecular formula is C14H17ClN2. The maximum Gasteiger partial charge on any atom is 0.0921 e. The van der Waals surface area contributed by atoms with Crippen molar-refractivity contribution in [3.05, 3.63) is 52.6 Å². The van der Waals surface area contributed by atoms with E-state index < -0.39 is 0 Å². The van der Waals surface area contributed by atoms with Crippen molar-refractivity contribution in [3.8, 4) is 0 Å². The fourth-order valence-corrected chi connectivity index (χ4v) is 2.78. The summed E-state index contributed by atoms with van der Waals surface area (Å²) in [5.41, 5.74) is 7.18. The van der Waals surface area contributed by atoms with E-state index in [1.807, 2.05) is 6.20 Å². The molecule has 90 valence electrons. The maximum atomic E-state index is 4.12. The number of benzene rings is 1. The molecule has 1 N–H and O–H groups in total. The summed E-state index contributed by atoms with van der Waals surface area (Å²) in [6.07, 6.45) is 6.14. The Morgan fingerprint density at radius 3 is 2.82 bits per heavy atom. The van der Waals surface area contributed by atoms with Crippen molar-refractivity contribution in [2.45, 2.75) is 32.6 Å². The van der Waals surface area contributed by atoms with E-state index in [0.29, 0.717) is 5.92 Å². The van der Waals surface area contributed by atoms with Gasteiger partial charge in [-0.25, -0.2) is 4.98 Å². The number of halogens is 1. The number of H-pyrrole nitrogens is 1. The molecule has 2 nitrogen and oxygen atoms in total. The van der Waals surface area contributed by atoms with Crippen LogP contribution in [0.15, 0.2) is 24.7 Å². The number of fused-ring (bicyclic) bond motifs is 1. The molecule has 0 amide bonds. The van der Waals surface area contributed by atoms with Crippen LogP contribution in [0, 0.1) is 13.8 Å². The SMILES string of the molecule is Cc1ccc2c(c1C)CCC2c1cnc[nH]1.Cl. The van der Waals surface area contributed by atoms with E-state index in [1.54, 1.807) is 11.9 Å². The summed E-state index contributed by atoms with van der Waals surface area (Å²) in [6.45, 7) is 4.43. The third-order valence-electron chi connectivity index (χ3n) is 3.86. The van der Waals surface area contributed by atoms with E-state index in [4.69, 9.17) is 0 Å². The molecule has 3 rings (SSSR count). The van der Waals surface area contributed by atoms with Gasteiger partial charge in [-0.15, -0.1) is 12.4 Å². The van der Waals surface area contributed by atoms with Crippen LogP contribution in [-0.4, -0.2) is 9.97 Å². The number of rotatable bonds is 1. The van der Waals surface area contributed by atoms with Crippen LogP contribution in [-0.2, 0) is 6.42 Å². The lowest BCUT2D eigenvalue weighted by Crippen LogP contribution is -1.97. The Balaban J connectivity index is 0.00000108. The van der Waals surface area contributed by atoms with E-state index in [9.17, 15) is 0 Å². The molecule has 0 fully saturated rings. The van der Waals surface area contributed by atoms with Gasteiger partial charge < -0.3 is 4.98 Å². The molecule has 17 heavy (non-hydrogen) atoms. The Bertz CT molecular complexity index is 517. The highest BCUT2D eigenvalue weighted by atomic mass is 35.5. The van der Waals surface area contributed by atoms with E-state index in [0.717, 1.165) is 0 Å². The fraction of sp³-hybridized carbons (Fsp3) is 0.357. The molecule has 1 aliphatic rings. The summed E-state index contributed by atoms with van der Waals surface area (Å²) in [5.74, 6) is 0.525. The first-order valence-corrected chi connectivity index (χ1v) is 5.84. The highest BCUT2D eigenvalue weighted by Gasteiger charge is 2.26. The van der Waals surface area contributed by atoms with Gasteiger partial charge in [-0.05, 0) is 48.9 Å². The predicted octanol–water partition coefficient (Wildman–Crippen LogP) is 3.53. The second-order valence-electron chi connectivity index (χ2n) is 4.67. The lowest BCUT2D eigenvalue weighted by Gasteiger charge is -2.11. The van der Waals surface area contributed by atoms with Gasteiger partial charge in [-0.3, -0.25) is 0 Å². The van der Waals surface area contributed by atoms with Crippen molar-refractivity contribution >= 4 is 12.4 Å². The Hall–Kier alpha value is -1.28. The lowest BCUT2D eigenvalue weighted by molar-refractivity contribution is 0.766. The van der Waals surface area contributed by atoms with E-state index in [2.05, 4.69) is 35.9 Å². The zero-order valence-corrected chi connectivity index (χ0v) is 11.0. The summed E-state index contributed by atoms with van der Waals surface area (Å²) in [7, 11) is 0. The quantitative estimate of drug-likeness (QED) is 0.822. The molecule has 0 bridgehead atoms. The highest BCUT2D eigenvalue weighted by molar-refractivity contribution is 5.85. The van der Waals surface area contributed by atoms with Gasteiger partial charge in [0.05, 0.1) is 6.33 Å². The molecule has 0 saturated heterocycles. The summed E-state index contributed by atoms with van der Waals surface area (Å²) in [5, 5.41) is 0. The topological polar surface area (TPSA) is 28.7 Å². The zero-order valence-electron chi connectivity index (χ0n) is 10.2. The van der Waals surface area contributed by atoms with Crippen molar-refractivity contribution in [2.75, 3.05) is 0 Å². The molecule has 0 radical (unpaired) electrons. The Kier molecular flexibility index (Phi) is 3.25. The Labute approximate surface area is 108 Å². The molecule has 1 aromatic heterocycles. The molecule has 1 unspecified atom stereocenters. The molecule has 0 spiro atoms. The van der Waals surface area contributed by atoms with Gasteiger partial charge in [-0.2, -0.15) is 0 Å². The van der Waals surface area contributed by atoms with Gasteiger partial charge in [0, 0.05) is 17.8 Å². The normalized spacial score (nSPS) is 17.6. The Morgan fingerprint density at radius 2 is 2.12 bits per heavy atom. The predicted molar refractivity (Wildman–Crippen MR) is 71.9 cm³/mol. The number of aryl methyl sites for hydroxylation is 1. The van der Waals surface area contributed by atoms with Crippen LogP contribution in [0.5, 0.6) is 0 Å². The monoisotopic (exact) mass is 248 g/mol. The van der Waals surface area contributed by atoms with Crippen LogP contribution in [0.25, 0.3) is 0 Å². The average molecular weight is 249 g/mol. The van der Waals surface area contributed by atoms with Crippen LogP contribution < -0.4 is 0 Å². The van der Waals surface area contributed by atoms with Gasteiger partial charge >= 0.3 is 0 Å². The van der Waals surface area contributed by atoms with E-state index in [-0.39, 0.29) is 12.4 Å². The summed E-state index contributed by atoms with van der Waals surface area (Å²) in [6, 6.07) is 4.53. The van der Waals surface area contributed by atoms with E-state index >= 15 is 0 Å². The second-order valence-corrected chi connectivity index (χ2v) is 4.67. The first-order valence-electron chi connectivity index (χ1n) is 5.84. The van der Waals surface area contributed by atoms with Crippen molar-refractivity contribution in [1.82, 2.24) is 9.97 Å². The minimum atomic E-state index is 0. The first-order chi connectivity index (χ1) is 7.77. The molecule has 1 atom stereocenters. The molecule has 0 aliphatic heterocycles. The number of nitrogens with one attached hydrogen (secondary N) is 1. The Morgan fingerprint density at radius 1 is 1.29 bits per heavy atom. The van der Waals surface area contributed by atoms with Crippen LogP contribution in [0.4, 0.5) is 0 Å².